The minimum Gasteiger partial charge on any atom is -0.391 e. The first-order chi connectivity index (χ1) is 10.7. The number of hydrogen-bond donors (Lipinski definition) is 2. The maximum absolute atomic E-state index is 9.78. The van der Waals surface area contributed by atoms with Crippen LogP contribution in [0, 0.1) is 6.92 Å². The minimum absolute atomic E-state index is 0.255. The van der Waals surface area contributed by atoms with Crippen LogP contribution in [0.15, 0.2) is 17.8 Å². The Morgan fingerprint density at radius 2 is 2.36 bits per heavy atom. The molecule has 3 heterocycles. The van der Waals surface area contributed by atoms with Gasteiger partial charge in [-0.1, -0.05) is 0 Å². The summed E-state index contributed by atoms with van der Waals surface area (Å²) in [6.45, 7) is 4.41. The van der Waals surface area contributed by atoms with Crippen LogP contribution in [-0.4, -0.2) is 45.8 Å². The third-order valence-corrected chi connectivity index (χ3v) is 4.84. The number of aliphatic hydroxyl groups excluding tert-OH is 1. The van der Waals surface area contributed by atoms with Crippen molar-refractivity contribution in [2.75, 3.05) is 29.9 Å². The van der Waals surface area contributed by atoms with Crippen molar-refractivity contribution < 1.29 is 5.11 Å². The van der Waals surface area contributed by atoms with E-state index >= 15 is 0 Å². The highest BCUT2D eigenvalue weighted by atomic mass is 32.1. The molecule has 0 aromatic carbocycles. The molecule has 0 aliphatic carbocycles. The van der Waals surface area contributed by atoms with E-state index in [0.29, 0.717) is 12.5 Å². The van der Waals surface area contributed by atoms with Gasteiger partial charge in [-0.2, -0.15) is 4.98 Å². The predicted molar refractivity (Wildman–Crippen MR) is 88.5 cm³/mol. The number of piperidine rings is 1. The molecule has 6 nitrogen and oxygen atoms in total. The molecule has 1 saturated heterocycles. The summed E-state index contributed by atoms with van der Waals surface area (Å²) in [5.41, 5.74) is 2.98. The Morgan fingerprint density at radius 3 is 3.14 bits per heavy atom. The van der Waals surface area contributed by atoms with E-state index in [0.717, 1.165) is 43.9 Å². The van der Waals surface area contributed by atoms with Crippen molar-refractivity contribution in [1.29, 1.82) is 0 Å². The molecule has 7 heteroatoms. The van der Waals surface area contributed by atoms with Gasteiger partial charge in [0.25, 0.3) is 0 Å². The Labute approximate surface area is 134 Å². The van der Waals surface area contributed by atoms with Gasteiger partial charge in [0.15, 0.2) is 0 Å². The van der Waals surface area contributed by atoms with Crippen LogP contribution < -0.4 is 10.2 Å². The van der Waals surface area contributed by atoms with E-state index in [1.165, 1.54) is 4.88 Å². The second kappa shape index (κ2) is 7.02. The molecule has 2 aromatic heterocycles. The van der Waals surface area contributed by atoms with Crippen molar-refractivity contribution >= 4 is 23.1 Å². The first-order valence-corrected chi connectivity index (χ1v) is 8.49. The van der Waals surface area contributed by atoms with Crippen molar-refractivity contribution in [3.8, 4) is 0 Å². The van der Waals surface area contributed by atoms with Crippen molar-refractivity contribution in [3.63, 3.8) is 0 Å². The zero-order valence-corrected chi connectivity index (χ0v) is 13.5. The maximum atomic E-state index is 9.78. The Morgan fingerprint density at radius 1 is 1.45 bits per heavy atom. The molecule has 1 fully saturated rings. The molecular formula is C15H21N5OS. The van der Waals surface area contributed by atoms with Crippen LogP contribution in [0.25, 0.3) is 0 Å². The molecule has 3 rings (SSSR count). The summed E-state index contributed by atoms with van der Waals surface area (Å²) in [5, 5.41) is 13.0. The second-order valence-electron chi connectivity index (χ2n) is 5.52. The molecule has 2 N–H and O–H groups in total. The SMILES string of the molecule is Cc1ncsc1CCNc1nccc(N2CCCC(O)C2)n1. The molecule has 0 spiro atoms. The number of nitrogens with one attached hydrogen (secondary N) is 1. The summed E-state index contributed by atoms with van der Waals surface area (Å²) in [5.74, 6) is 1.52. The summed E-state index contributed by atoms with van der Waals surface area (Å²) < 4.78 is 0. The molecule has 1 aliphatic heterocycles. The molecule has 1 unspecified atom stereocenters. The lowest BCUT2D eigenvalue weighted by atomic mass is 10.1. The first kappa shape index (κ1) is 15.2. The fourth-order valence-corrected chi connectivity index (χ4v) is 3.41. The zero-order chi connectivity index (χ0) is 15.4. The lowest BCUT2D eigenvalue weighted by Gasteiger charge is -2.31. The van der Waals surface area contributed by atoms with Gasteiger partial charge in [-0.25, -0.2) is 9.97 Å². The highest BCUT2D eigenvalue weighted by molar-refractivity contribution is 7.09. The molecular weight excluding hydrogens is 298 g/mol. The number of rotatable bonds is 5. The van der Waals surface area contributed by atoms with Crippen LogP contribution in [0.3, 0.4) is 0 Å². The molecule has 1 atom stereocenters. The summed E-state index contributed by atoms with van der Waals surface area (Å²) in [7, 11) is 0. The van der Waals surface area contributed by atoms with Crippen LogP contribution in [0.1, 0.15) is 23.4 Å². The van der Waals surface area contributed by atoms with Gasteiger partial charge in [0.2, 0.25) is 5.95 Å². The van der Waals surface area contributed by atoms with Crippen molar-refractivity contribution in [1.82, 2.24) is 15.0 Å². The molecule has 118 valence electrons. The number of thiazole rings is 1. The maximum Gasteiger partial charge on any atom is 0.224 e. The van der Waals surface area contributed by atoms with E-state index in [1.807, 2.05) is 18.5 Å². The van der Waals surface area contributed by atoms with Crippen LogP contribution in [0.2, 0.25) is 0 Å². The van der Waals surface area contributed by atoms with Gasteiger partial charge >= 0.3 is 0 Å². The van der Waals surface area contributed by atoms with E-state index in [2.05, 4.69) is 25.2 Å². The van der Waals surface area contributed by atoms with E-state index in [4.69, 9.17) is 0 Å². The van der Waals surface area contributed by atoms with Gasteiger partial charge in [0.05, 0.1) is 17.3 Å². The van der Waals surface area contributed by atoms with E-state index in [9.17, 15) is 5.11 Å². The number of β-amino-alcohol motifs (C(OH)–C–C–N with tert-alkyl or cyclic N) is 1. The lowest BCUT2D eigenvalue weighted by molar-refractivity contribution is 0.154. The molecule has 22 heavy (non-hydrogen) atoms. The lowest BCUT2D eigenvalue weighted by Crippen LogP contribution is -2.38. The van der Waals surface area contributed by atoms with Crippen LogP contribution in [0.5, 0.6) is 0 Å². The monoisotopic (exact) mass is 319 g/mol. The summed E-state index contributed by atoms with van der Waals surface area (Å²) >= 11 is 1.68. The molecule has 0 bridgehead atoms. The molecule has 0 radical (unpaired) electrons. The van der Waals surface area contributed by atoms with Crippen molar-refractivity contribution in [2.24, 2.45) is 0 Å². The number of hydrogen-bond acceptors (Lipinski definition) is 7. The number of aromatic nitrogens is 3. The standard InChI is InChI=1S/C15H21N5OS/c1-11-13(22-10-18-11)4-6-16-15-17-7-5-14(19-15)20-8-2-3-12(21)9-20/h5,7,10,12,21H,2-4,6,8-9H2,1H3,(H,16,17,19). The van der Waals surface area contributed by atoms with Gasteiger partial charge in [-0.15, -0.1) is 11.3 Å². The fraction of sp³-hybridized carbons (Fsp3) is 0.533. The number of aryl methyl sites for hydroxylation is 1. The largest absolute Gasteiger partial charge is 0.391 e. The minimum atomic E-state index is -0.255. The molecule has 0 amide bonds. The number of nitrogens with zero attached hydrogens (tertiary/aromatic N) is 4. The second-order valence-corrected chi connectivity index (χ2v) is 6.46. The average molecular weight is 319 g/mol. The summed E-state index contributed by atoms with van der Waals surface area (Å²) in [6.07, 6.45) is 4.31. The third-order valence-electron chi connectivity index (χ3n) is 3.84. The Balaban J connectivity index is 1.58. The quantitative estimate of drug-likeness (QED) is 0.876. The molecule has 2 aromatic rings. The van der Waals surface area contributed by atoms with Crippen LogP contribution in [0.4, 0.5) is 11.8 Å². The highest BCUT2D eigenvalue weighted by Gasteiger charge is 2.19. The summed E-state index contributed by atoms with van der Waals surface area (Å²) in [4.78, 5) is 16.5. The van der Waals surface area contributed by atoms with Gasteiger partial charge in [0, 0.05) is 37.1 Å². The first-order valence-electron chi connectivity index (χ1n) is 7.61. The highest BCUT2D eigenvalue weighted by Crippen LogP contribution is 2.18. The van der Waals surface area contributed by atoms with Gasteiger partial charge in [-0.3, -0.25) is 0 Å². The van der Waals surface area contributed by atoms with Gasteiger partial charge in [-0.05, 0) is 25.8 Å². The van der Waals surface area contributed by atoms with Gasteiger partial charge < -0.3 is 15.3 Å². The average Bonchev–Trinajstić information content (AvgIpc) is 2.93. The number of aliphatic hydroxyl groups is 1. The smallest absolute Gasteiger partial charge is 0.224 e. The van der Waals surface area contributed by atoms with Crippen LogP contribution >= 0.6 is 11.3 Å². The Kier molecular flexibility index (Phi) is 4.84. The van der Waals surface area contributed by atoms with E-state index < -0.39 is 0 Å². The third kappa shape index (κ3) is 3.72. The fourth-order valence-electron chi connectivity index (χ4n) is 2.63. The van der Waals surface area contributed by atoms with Crippen molar-refractivity contribution in [3.05, 3.63) is 28.3 Å². The van der Waals surface area contributed by atoms with Crippen LogP contribution in [-0.2, 0) is 6.42 Å². The Bertz CT molecular complexity index is 617. The number of anilines is 2. The van der Waals surface area contributed by atoms with Gasteiger partial charge in [0.1, 0.15) is 5.82 Å². The molecule has 0 saturated carbocycles. The summed E-state index contributed by atoms with van der Waals surface area (Å²) in [6, 6.07) is 1.90. The Hall–Kier alpha value is -1.73. The molecule has 1 aliphatic rings. The predicted octanol–water partition coefficient (Wildman–Crippen LogP) is 1.86. The van der Waals surface area contributed by atoms with E-state index in [-0.39, 0.29) is 6.10 Å². The zero-order valence-electron chi connectivity index (χ0n) is 12.7. The topological polar surface area (TPSA) is 74.2 Å². The normalized spacial score (nSPS) is 18.5. The van der Waals surface area contributed by atoms with Crippen molar-refractivity contribution in [2.45, 2.75) is 32.3 Å². The van der Waals surface area contributed by atoms with E-state index in [1.54, 1.807) is 17.5 Å².